The summed E-state index contributed by atoms with van der Waals surface area (Å²) < 4.78 is 12.7. The molecule has 1 atom stereocenters. The molecule has 1 aromatic rings. The van der Waals surface area contributed by atoms with E-state index in [-0.39, 0.29) is 5.82 Å². The Balaban J connectivity index is 2.45. The number of pyridine rings is 1. The lowest BCUT2D eigenvalue weighted by molar-refractivity contribution is 0.619. The fraction of sp³-hybridized carbons (Fsp3) is 0.444. The number of rotatable bonds is 4. The van der Waals surface area contributed by atoms with E-state index in [4.69, 9.17) is 11.6 Å². The van der Waals surface area contributed by atoms with Crippen LogP contribution in [-0.2, 0) is 5.75 Å². The lowest BCUT2D eigenvalue weighted by Gasteiger charge is -2.06. The van der Waals surface area contributed by atoms with Gasteiger partial charge >= 0.3 is 0 Å². The van der Waals surface area contributed by atoms with E-state index in [9.17, 15) is 4.39 Å². The third-order valence-electron chi connectivity index (χ3n) is 1.51. The third-order valence-corrected chi connectivity index (χ3v) is 3.39. The van der Waals surface area contributed by atoms with E-state index in [1.807, 2.05) is 6.92 Å². The highest BCUT2D eigenvalue weighted by atomic mass is 35.5. The predicted octanol–water partition coefficient (Wildman–Crippen LogP) is 3.08. The van der Waals surface area contributed by atoms with E-state index >= 15 is 0 Å². The first-order valence-corrected chi connectivity index (χ1v) is 5.57. The zero-order valence-electron chi connectivity index (χ0n) is 7.34. The molecular formula is C9H11ClFNS. The molecule has 0 N–H and O–H groups in total. The Labute approximate surface area is 86.7 Å². The summed E-state index contributed by atoms with van der Waals surface area (Å²) in [6.45, 7) is 2.05. The summed E-state index contributed by atoms with van der Waals surface area (Å²) in [5.74, 6) is 1.10. The molecule has 4 heteroatoms. The van der Waals surface area contributed by atoms with Gasteiger partial charge in [0, 0.05) is 23.1 Å². The molecule has 1 aromatic heterocycles. The fourth-order valence-corrected chi connectivity index (χ4v) is 1.81. The zero-order chi connectivity index (χ0) is 9.68. The van der Waals surface area contributed by atoms with Gasteiger partial charge in [0.25, 0.3) is 0 Å². The molecule has 0 aliphatic carbocycles. The number of hydrogen-bond donors (Lipinski definition) is 0. The number of halogens is 2. The van der Waals surface area contributed by atoms with E-state index in [1.165, 1.54) is 12.3 Å². The average molecular weight is 220 g/mol. The normalized spacial score (nSPS) is 12.8. The van der Waals surface area contributed by atoms with Gasteiger partial charge in [-0.2, -0.15) is 11.8 Å². The minimum absolute atomic E-state index is 0.281. The van der Waals surface area contributed by atoms with Crippen LogP contribution in [0.4, 0.5) is 4.39 Å². The summed E-state index contributed by atoms with van der Waals surface area (Å²) in [6.07, 6.45) is 2.89. The SMILES string of the molecule is CC(CCl)SCc1cncc(F)c1. The first-order chi connectivity index (χ1) is 6.22. The van der Waals surface area contributed by atoms with E-state index in [0.717, 1.165) is 11.3 Å². The second kappa shape index (κ2) is 5.45. The molecule has 0 aromatic carbocycles. The molecular weight excluding hydrogens is 209 g/mol. The van der Waals surface area contributed by atoms with Gasteiger partial charge in [0.15, 0.2) is 0 Å². The zero-order valence-corrected chi connectivity index (χ0v) is 8.91. The summed E-state index contributed by atoms with van der Waals surface area (Å²) in [5, 5.41) is 0.393. The summed E-state index contributed by atoms with van der Waals surface area (Å²) >= 11 is 7.34. The standard InChI is InChI=1S/C9H11ClFNS/c1-7(3-10)13-6-8-2-9(11)5-12-4-8/h2,4-5,7H,3,6H2,1H3. The molecule has 0 spiro atoms. The lowest BCUT2D eigenvalue weighted by Crippen LogP contribution is -1.98. The van der Waals surface area contributed by atoms with Gasteiger partial charge in [-0.05, 0) is 11.6 Å². The third kappa shape index (κ3) is 3.96. The van der Waals surface area contributed by atoms with Crippen molar-refractivity contribution in [3.63, 3.8) is 0 Å². The van der Waals surface area contributed by atoms with Crippen LogP contribution in [0.5, 0.6) is 0 Å². The fourth-order valence-electron chi connectivity index (χ4n) is 0.818. The van der Waals surface area contributed by atoms with Crippen LogP contribution in [0.3, 0.4) is 0 Å². The van der Waals surface area contributed by atoms with Crippen molar-refractivity contribution in [2.24, 2.45) is 0 Å². The highest BCUT2D eigenvalue weighted by Crippen LogP contribution is 2.18. The van der Waals surface area contributed by atoms with E-state index in [2.05, 4.69) is 4.98 Å². The highest BCUT2D eigenvalue weighted by Gasteiger charge is 2.02. The summed E-state index contributed by atoms with van der Waals surface area (Å²) in [6, 6.07) is 1.50. The van der Waals surface area contributed by atoms with Crippen LogP contribution >= 0.6 is 23.4 Å². The van der Waals surface area contributed by atoms with Crippen LogP contribution in [0.15, 0.2) is 18.5 Å². The van der Waals surface area contributed by atoms with Gasteiger partial charge in [-0.3, -0.25) is 4.98 Å². The van der Waals surface area contributed by atoms with Crippen LogP contribution < -0.4 is 0 Å². The molecule has 0 aliphatic rings. The maximum absolute atomic E-state index is 12.7. The number of aromatic nitrogens is 1. The van der Waals surface area contributed by atoms with Gasteiger partial charge in [-0.25, -0.2) is 4.39 Å². The average Bonchev–Trinajstić information content (AvgIpc) is 2.14. The van der Waals surface area contributed by atoms with Crippen molar-refractivity contribution in [3.05, 3.63) is 29.8 Å². The van der Waals surface area contributed by atoms with Gasteiger partial charge in [0.1, 0.15) is 5.82 Å². The quantitative estimate of drug-likeness (QED) is 0.722. The molecule has 0 radical (unpaired) electrons. The van der Waals surface area contributed by atoms with Crippen molar-refractivity contribution in [2.45, 2.75) is 17.9 Å². The Morgan fingerprint density at radius 2 is 2.38 bits per heavy atom. The van der Waals surface area contributed by atoms with Crippen LogP contribution in [0.1, 0.15) is 12.5 Å². The van der Waals surface area contributed by atoms with E-state index in [0.29, 0.717) is 11.1 Å². The summed E-state index contributed by atoms with van der Waals surface area (Å²) in [7, 11) is 0. The molecule has 0 amide bonds. The molecule has 0 bridgehead atoms. The Morgan fingerprint density at radius 3 is 3.00 bits per heavy atom. The summed E-state index contributed by atoms with van der Waals surface area (Å²) in [5.41, 5.74) is 0.905. The number of nitrogens with zero attached hydrogens (tertiary/aromatic N) is 1. The van der Waals surface area contributed by atoms with Gasteiger partial charge in [-0.1, -0.05) is 6.92 Å². The lowest BCUT2D eigenvalue weighted by atomic mass is 10.3. The molecule has 13 heavy (non-hydrogen) atoms. The molecule has 1 nitrogen and oxygen atoms in total. The summed E-state index contributed by atoms with van der Waals surface area (Å²) in [4.78, 5) is 3.77. The van der Waals surface area contributed by atoms with Crippen molar-refractivity contribution >= 4 is 23.4 Å². The van der Waals surface area contributed by atoms with Crippen molar-refractivity contribution in [2.75, 3.05) is 5.88 Å². The van der Waals surface area contributed by atoms with Crippen LogP contribution in [0, 0.1) is 5.82 Å². The number of thioether (sulfide) groups is 1. The molecule has 1 rings (SSSR count). The van der Waals surface area contributed by atoms with Gasteiger partial charge < -0.3 is 0 Å². The van der Waals surface area contributed by atoms with Crippen LogP contribution in [0.25, 0.3) is 0 Å². The Bertz CT molecular complexity index is 270. The van der Waals surface area contributed by atoms with Crippen LogP contribution in [-0.4, -0.2) is 16.1 Å². The predicted molar refractivity (Wildman–Crippen MR) is 55.7 cm³/mol. The van der Waals surface area contributed by atoms with Gasteiger partial charge in [0.05, 0.1) is 6.20 Å². The van der Waals surface area contributed by atoms with Crippen molar-refractivity contribution in [1.29, 1.82) is 0 Å². The molecule has 0 aliphatic heterocycles. The van der Waals surface area contributed by atoms with Crippen molar-refractivity contribution < 1.29 is 4.39 Å². The molecule has 1 unspecified atom stereocenters. The van der Waals surface area contributed by atoms with Crippen LogP contribution in [0.2, 0.25) is 0 Å². The van der Waals surface area contributed by atoms with Gasteiger partial charge in [0.2, 0.25) is 0 Å². The smallest absolute Gasteiger partial charge is 0.141 e. The molecule has 72 valence electrons. The second-order valence-electron chi connectivity index (χ2n) is 2.79. The van der Waals surface area contributed by atoms with Crippen molar-refractivity contribution in [3.8, 4) is 0 Å². The Kier molecular flexibility index (Phi) is 4.53. The molecule has 0 fully saturated rings. The minimum atomic E-state index is -0.281. The Morgan fingerprint density at radius 1 is 1.62 bits per heavy atom. The molecule has 0 saturated carbocycles. The first kappa shape index (κ1) is 10.8. The number of alkyl halides is 1. The monoisotopic (exact) mass is 219 g/mol. The maximum Gasteiger partial charge on any atom is 0.141 e. The van der Waals surface area contributed by atoms with E-state index < -0.39 is 0 Å². The molecule has 1 heterocycles. The van der Waals surface area contributed by atoms with Crippen molar-refractivity contribution in [1.82, 2.24) is 4.98 Å². The highest BCUT2D eigenvalue weighted by molar-refractivity contribution is 7.99. The van der Waals surface area contributed by atoms with Gasteiger partial charge in [-0.15, -0.1) is 11.6 Å². The second-order valence-corrected chi connectivity index (χ2v) is 4.52. The topological polar surface area (TPSA) is 12.9 Å². The van der Waals surface area contributed by atoms with E-state index in [1.54, 1.807) is 18.0 Å². The molecule has 0 saturated heterocycles. The first-order valence-electron chi connectivity index (χ1n) is 3.99. The minimum Gasteiger partial charge on any atom is -0.261 e. The Hall–Kier alpha value is -0.280. The number of hydrogen-bond acceptors (Lipinski definition) is 2. The largest absolute Gasteiger partial charge is 0.261 e. The maximum atomic E-state index is 12.7.